The van der Waals surface area contributed by atoms with Crippen LogP contribution in [0, 0.1) is 6.92 Å². The molecule has 0 radical (unpaired) electrons. The number of carbonyl (C=O) groups is 2. The SMILES string of the molecule is CCCCNC(=O)[C@@H](Cc1ccccc1)N(Cc1ccccc1)C(=O)CN(c1ccc(C)cc1)S(=O)(=O)c1ccc(OC)c(OC)c1. The number of ether oxygens (including phenoxy) is 2. The molecule has 0 spiro atoms. The number of anilines is 1. The van der Waals surface area contributed by atoms with Crippen molar-refractivity contribution in [1.29, 1.82) is 0 Å². The van der Waals surface area contributed by atoms with Gasteiger partial charge in [0.25, 0.3) is 10.0 Å². The molecular formula is C37H43N3O6S. The lowest BCUT2D eigenvalue weighted by Crippen LogP contribution is -2.53. The maximum absolute atomic E-state index is 14.6. The Morgan fingerprint density at radius 1 is 0.809 bits per heavy atom. The lowest BCUT2D eigenvalue weighted by atomic mass is 10.0. The molecule has 2 amide bonds. The summed E-state index contributed by atoms with van der Waals surface area (Å²) < 4.78 is 40.5. The minimum Gasteiger partial charge on any atom is -0.493 e. The van der Waals surface area contributed by atoms with E-state index >= 15 is 0 Å². The Morgan fingerprint density at radius 2 is 1.43 bits per heavy atom. The third kappa shape index (κ3) is 9.13. The first kappa shape index (κ1) is 35.0. The number of amides is 2. The second kappa shape index (κ2) is 16.6. The Hall–Kier alpha value is -4.83. The number of unbranched alkanes of at least 4 members (excludes halogenated alkanes) is 1. The van der Waals surface area contributed by atoms with Crippen LogP contribution in [0.15, 0.2) is 108 Å². The fourth-order valence-electron chi connectivity index (χ4n) is 5.18. The molecule has 0 aliphatic carbocycles. The van der Waals surface area contributed by atoms with Gasteiger partial charge in [0.15, 0.2) is 11.5 Å². The molecule has 0 unspecified atom stereocenters. The van der Waals surface area contributed by atoms with Crippen LogP contribution in [0.4, 0.5) is 5.69 Å². The number of sulfonamides is 1. The maximum atomic E-state index is 14.6. The van der Waals surface area contributed by atoms with Gasteiger partial charge in [-0.25, -0.2) is 8.42 Å². The van der Waals surface area contributed by atoms with Crippen molar-refractivity contribution in [2.24, 2.45) is 0 Å². The van der Waals surface area contributed by atoms with Crippen molar-refractivity contribution in [2.45, 2.75) is 50.6 Å². The highest BCUT2D eigenvalue weighted by molar-refractivity contribution is 7.92. The van der Waals surface area contributed by atoms with E-state index in [9.17, 15) is 18.0 Å². The number of hydrogen-bond donors (Lipinski definition) is 1. The first-order chi connectivity index (χ1) is 22.7. The van der Waals surface area contributed by atoms with Crippen molar-refractivity contribution < 1.29 is 27.5 Å². The molecule has 1 N–H and O–H groups in total. The molecule has 0 saturated carbocycles. The topological polar surface area (TPSA) is 105 Å². The highest BCUT2D eigenvalue weighted by Crippen LogP contribution is 2.32. The molecule has 4 aromatic carbocycles. The number of aryl methyl sites for hydroxylation is 1. The molecule has 0 aliphatic heterocycles. The highest BCUT2D eigenvalue weighted by atomic mass is 32.2. The van der Waals surface area contributed by atoms with Gasteiger partial charge in [0.2, 0.25) is 11.8 Å². The molecular weight excluding hydrogens is 614 g/mol. The molecule has 0 aliphatic rings. The van der Waals surface area contributed by atoms with Crippen LogP contribution in [0.25, 0.3) is 0 Å². The van der Waals surface area contributed by atoms with Gasteiger partial charge >= 0.3 is 0 Å². The summed E-state index contributed by atoms with van der Waals surface area (Å²) in [5.41, 5.74) is 2.93. The van der Waals surface area contributed by atoms with Crippen molar-refractivity contribution in [3.05, 3.63) is 120 Å². The van der Waals surface area contributed by atoms with E-state index in [1.54, 1.807) is 24.3 Å². The van der Waals surface area contributed by atoms with E-state index in [1.165, 1.54) is 37.3 Å². The summed E-state index contributed by atoms with van der Waals surface area (Å²) >= 11 is 0. The molecule has 1 atom stereocenters. The number of methoxy groups -OCH3 is 2. The maximum Gasteiger partial charge on any atom is 0.264 e. The zero-order valence-corrected chi connectivity index (χ0v) is 28.2. The van der Waals surface area contributed by atoms with E-state index < -0.39 is 28.5 Å². The van der Waals surface area contributed by atoms with Gasteiger partial charge in [0.05, 0.1) is 24.8 Å². The predicted octanol–water partition coefficient (Wildman–Crippen LogP) is 5.76. The smallest absolute Gasteiger partial charge is 0.264 e. The summed E-state index contributed by atoms with van der Waals surface area (Å²) in [5, 5.41) is 3.01. The number of nitrogens with zero attached hydrogens (tertiary/aromatic N) is 2. The first-order valence-electron chi connectivity index (χ1n) is 15.6. The minimum atomic E-state index is -4.30. The fourth-order valence-corrected chi connectivity index (χ4v) is 6.61. The van der Waals surface area contributed by atoms with Crippen LogP contribution < -0.4 is 19.1 Å². The fraction of sp³-hybridized carbons (Fsp3) is 0.297. The van der Waals surface area contributed by atoms with Crippen LogP contribution in [0.1, 0.15) is 36.5 Å². The lowest BCUT2D eigenvalue weighted by Gasteiger charge is -2.34. The van der Waals surface area contributed by atoms with Gasteiger partial charge in [-0.3, -0.25) is 13.9 Å². The van der Waals surface area contributed by atoms with Crippen molar-refractivity contribution in [3.8, 4) is 11.5 Å². The van der Waals surface area contributed by atoms with E-state index in [-0.39, 0.29) is 29.5 Å². The normalized spacial score (nSPS) is 11.7. The Kier molecular flexibility index (Phi) is 12.4. The van der Waals surface area contributed by atoms with Gasteiger partial charge < -0.3 is 19.7 Å². The molecule has 9 nitrogen and oxygen atoms in total. The van der Waals surface area contributed by atoms with Crippen LogP contribution >= 0.6 is 0 Å². The molecule has 248 valence electrons. The van der Waals surface area contributed by atoms with E-state index in [0.29, 0.717) is 18.0 Å². The molecule has 4 aromatic rings. The molecule has 0 fully saturated rings. The largest absolute Gasteiger partial charge is 0.493 e. The van der Waals surface area contributed by atoms with Crippen molar-refractivity contribution in [2.75, 3.05) is 31.6 Å². The van der Waals surface area contributed by atoms with E-state index in [4.69, 9.17) is 9.47 Å². The zero-order valence-electron chi connectivity index (χ0n) is 27.4. The highest BCUT2D eigenvalue weighted by Gasteiger charge is 2.35. The number of benzene rings is 4. The molecule has 0 aromatic heterocycles. The summed E-state index contributed by atoms with van der Waals surface area (Å²) in [7, 11) is -1.41. The monoisotopic (exact) mass is 657 g/mol. The molecule has 0 saturated heterocycles. The Morgan fingerprint density at radius 3 is 2.02 bits per heavy atom. The van der Waals surface area contributed by atoms with Gasteiger partial charge in [-0.1, -0.05) is 91.7 Å². The van der Waals surface area contributed by atoms with Gasteiger partial charge in [0.1, 0.15) is 12.6 Å². The second-order valence-corrected chi connectivity index (χ2v) is 13.1. The standard InChI is InChI=1S/C37H43N3O6S/c1-5-6-23-38-37(42)33(24-29-13-9-7-10-14-29)39(26-30-15-11-8-12-16-30)36(41)27-40(31-19-17-28(2)18-20-31)47(43,44)32-21-22-34(45-3)35(25-32)46-4/h7-22,25,33H,5-6,23-24,26-27H2,1-4H3,(H,38,42)/t33-/m1/s1. The van der Waals surface area contributed by atoms with Crippen LogP contribution in [-0.4, -0.2) is 58.5 Å². The van der Waals surface area contributed by atoms with Crippen LogP contribution in [0.5, 0.6) is 11.5 Å². The lowest BCUT2D eigenvalue weighted by molar-refractivity contribution is -0.140. The van der Waals surface area contributed by atoms with Crippen LogP contribution in [0.2, 0.25) is 0 Å². The first-order valence-corrected chi connectivity index (χ1v) is 17.1. The summed E-state index contributed by atoms with van der Waals surface area (Å²) in [6.07, 6.45) is 1.95. The Bertz CT molecular complexity index is 1710. The predicted molar refractivity (Wildman–Crippen MR) is 184 cm³/mol. The quantitative estimate of drug-likeness (QED) is 0.154. The summed E-state index contributed by atoms with van der Waals surface area (Å²) in [4.78, 5) is 29.8. The van der Waals surface area contributed by atoms with Crippen molar-refractivity contribution >= 4 is 27.5 Å². The van der Waals surface area contributed by atoms with Gasteiger partial charge in [0, 0.05) is 25.6 Å². The van der Waals surface area contributed by atoms with Gasteiger partial charge in [-0.05, 0) is 48.7 Å². The zero-order chi connectivity index (χ0) is 33.8. The summed E-state index contributed by atoms with van der Waals surface area (Å²) in [5.74, 6) is -0.210. The molecule has 0 heterocycles. The Balaban J connectivity index is 1.79. The molecule has 47 heavy (non-hydrogen) atoms. The average Bonchev–Trinajstić information content (AvgIpc) is 3.09. The number of nitrogens with one attached hydrogen (secondary N) is 1. The summed E-state index contributed by atoms with van der Waals surface area (Å²) in [6, 6.07) is 29.2. The summed E-state index contributed by atoms with van der Waals surface area (Å²) in [6.45, 7) is 3.97. The third-order valence-electron chi connectivity index (χ3n) is 7.84. The van der Waals surface area contributed by atoms with Crippen LogP contribution in [-0.2, 0) is 32.6 Å². The van der Waals surface area contributed by atoms with Gasteiger partial charge in [-0.15, -0.1) is 0 Å². The van der Waals surface area contributed by atoms with Crippen molar-refractivity contribution in [1.82, 2.24) is 10.2 Å². The van der Waals surface area contributed by atoms with Crippen molar-refractivity contribution in [3.63, 3.8) is 0 Å². The second-order valence-electron chi connectivity index (χ2n) is 11.2. The van der Waals surface area contributed by atoms with E-state index in [0.717, 1.165) is 33.8 Å². The molecule has 4 rings (SSSR count). The van der Waals surface area contributed by atoms with E-state index in [2.05, 4.69) is 5.32 Å². The minimum absolute atomic E-state index is 0.0729. The molecule has 0 bridgehead atoms. The number of hydrogen-bond acceptors (Lipinski definition) is 6. The average molecular weight is 658 g/mol. The van der Waals surface area contributed by atoms with E-state index in [1.807, 2.05) is 74.5 Å². The van der Waals surface area contributed by atoms with Crippen LogP contribution in [0.3, 0.4) is 0 Å². The number of rotatable bonds is 16. The Labute approximate surface area is 278 Å². The third-order valence-corrected chi connectivity index (χ3v) is 9.61. The number of carbonyl (C=O) groups excluding carboxylic acids is 2. The van der Waals surface area contributed by atoms with Gasteiger partial charge in [-0.2, -0.15) is 0 Å². The molecule has 10 heteroatoms.